The molecule has 92 valence electrons. The molecule has 2 aliphatic rings. The van der Waals surface area contributed by atoms with E-state index >= 15 is 0 Å². The van der Waals surface area contributed by atoms with Gasteiger partial charge in [0.05, 0.1) is 5.56 Å². The third-order valence-electron chi connectivity index (χ3n) is 3.42. The summed E-state index contributed by atoms with van der Waals surface area (Å²) in [5.41, 5.74) is -0.632. The second-order valence-electron chi connectivity index (χ2n) is 4.52. The molecule has 0 aromatic carbocycles. The number of anilines is 1. The molecule has 2 aliphatic heterocycles. The van der Waals surface area contributed by atoms with Gasteiger partial charge in [-0.2, -0.15) is 13.2 Å². The summed E-state index contributed by atoms with van der Waals surface area (Å²) in [5.74, 6) is 0.0778. The molecular formula is C11H12F3N3. The van der Waals surface area contributed by atoms with Crippen molar-refractivity contribution in [3.8, 4) is 0 Å². The minimum atomic E-state index is -4.33. The first-order chi connectivity index (χ1) is 8.05. The Hall–Kier alpha value is -1.30. The minimum Gasteiger partial charge on any atom is -0.350 e. The van der Waals surface area contributed by atoms with Crippen LogP contribution < -0.4 is 10.2 Å². The number of alkyl halides is 3. The van der Waals surface area contributed by atoms with Gasteiger partial charge in [-0.25, -0.2) is 4.98 Å². The molecule has 17 heavy (non-hydrogen) atoms. The number of nitrogens with one attached hydrogen (secondary N) is 1. The number of hydrogen-bond acceptors (Lipinski definition) is 3. The lowest BCUT2D eigenvalue weighted by molar-refractivity contribution is -0.137. The number of nitrogens with zero attached hydrogens (tertiary/aromatic N) is 2. The molecule has 1 aromatic rings. The summed E-state index contributed by atoms with van der Waals surface area (Å²) in [4.78, 5) is 5.71. The maximum absolute atomic E-state index is 12.9. The van der Waals surface area contributed by atoms with Crippen molar-refractivity contribution >= 4 is 5.82 Å². The Morgan fingerprint density at radius 2 is 2.24 bits per heavy atom. The SMILES string of the molecule is FC(F)(F)c1cccnc1N1C[C@H]2C[C@@H]1CN2. The molecule has 2 saturated heterocycles. The summed E-state index contributed by atoms with van der Waals surface area (Å²) in [6, 6.07) is 2.89. The first-order valence-corrected chi connectivity index (χ1v) is 5.58. The van der Waals surface area contributed by atoms with Crippen LogP contribution in [0.15, 0.2) is 18.3 Å². The van der Waals surface area contributed by atoms with Crippen molar-refractivity contribution in [2.45, 2.75) is 24.7 Å². The van der Waals surface area contributed by atoms with E-state index in [1.807, 2.05) is 0 Å². The van der Waals surface area contributed by atoms with Crippen molar-refractivity contribution in [3.05, 3.63) is 23.9 Å². The van der Waals surface area contributed by atoms with Crippen LogP contribution in [0.1, 0.15) is 12.0 Å². The van der Waals surface area contributed by atoms with Crippen molar-refractivity contribution in [2.75, 3.05) is 18.0 Å². The van der Waals surface area contributed by atoms with Crippen molar-refractivity contribution in [1.82, 2.24) is 10.3 Å². The summed E-state index contributed by atoms with van der Waals surface area (Å²) < 4.78 is 38.6. The summed E-state index contributed by atoms with van der Waals surface area (Å²) in [5, 5.41) is 3.26. The van der Waals surface area contributed by atoms with Gasteiger partial charge in [0, 0.05) is 31.4 Å². The Kier molecular flexibility index (Phi) is 2.29. The molecule has 3 heterocycles. The number of halogens is 3. The van der Waals surface area contributed by atoms with E-state index in [9.17, 15) is 13.2 Å². The molecule has 0 spiro atoms. The Balaban J connectivity index is 1.98. The van der Waals surface area contributed by atoms with Gasteiger partial charge in [-0.3, -0.25) is 0 Å². The quantitative estimate of drug-likeness (QED) is 0.813. The Labute approximate surface area is 96.6 Å². The molecule has 3 nitrogen and oxygen atoms in total. The molecular weight excluding hydrogens is 231 g/mol. The minimum absolute atomic E-state index is 0.0778. The van der Waals surface area contributed by atoms with Crippen LogP contribution in [0.5, 0.6) is 0 Å². The van der Waals surface area contributed by atoms with Crippen molar-refractivity contribution < 1.29 is 13.2 Å². The number of aromatic nitrogens is 1. The molecule has 1 N–H and O–H groups in total. The molecule has 0 radical (unpaired) electrons. The zero-order chi connectivity index (χ0) is 12.0. The van der Waals surface area contributed by atoms with E-state index in [1.54, 1.807) is 4.90 Å². The Bertz CT molecular complexity index is 432. The van der Waals surface area contributed by atoms with Crippen LogP contribution in [0.4, 0.5) is 19.0 Å². The van der Waals surface area contributed by atoms with Crippen LogP contribution in [0.2, 0.25) is 0 Å². The predicted octanol–water partition coefficient (Wildman–Crippen LogP) is 1.65. The lowest BCUT2D eigenvalue weighted by Gasteiger charge is -2.30. The highest BCUT2D eigenvalue weighted by atomic mass is 19.4. The fourth-order valence-electron chi connectivity index (χ4n) is 2.67. The third-order valence-corrected chi connectivity index (χ3v) is 3.42. The van der Waals surface area contributed by atoms with Gasteiger partial charge in [-0.15, -0.1) is 0 Å². The molecule has 6 heteroatoms. The first-order valence-electron chi connectivity index (χ1n) is 5.58. The van der Waals surface area contributed by atoms with Gasteiger partial charge < -0.3 is 10.2 Å². The van der Waals surface area contributed by atoms with Crippen molar-refractivity contribution in [3.63, 3.8) is 0 Å². The van der Waals surface area contributed by atoms with E-state index in [0.29, 0.717) is 12.6 Å². The maximum Gasteiger partial charge on any atom is 0.419 e. The highest BCUT2D eigenvalue weighted by molar-refractivity contribution is 5.51. The largest absolute Gasteiger partial charge is 0.419 e. The molecule has 0 unspecified atom stereocenters. The van der Waals surface area contributed by atoms with Gasteiger partial charge in [0.15, 0.2) is 0 Å². The molecule has 0 aliphatic carbocycles. The number of piperazine rings is 1. The highest BCUT2D eigenvalue weighted by Crippen LogP contribution is 2.38. The predicted molar refractivity (Wildman–Crippen MR) is 56.8 cm³/mol. The summed E-state index contributed by atoms with van der Waals surface area (Å²) in [6.45, 7) is 1.36. The maximum atomic E-state index is 12.9. The van der Waals surface area contributed by atoms with E-state index in [0.717, 1.165) is 19.0 Å². The Morgan fingerprint density at radius 3 is 2.82 bits per heavy atom. The lowest BCUT2D eigenvalue weighted by atomic mass is 10.2. The van der Waals surface area contributed by atoms with Crippen molar-refractivity contribution in [1.29, 1.82) is 0 Å². The fraction of sp³-hybridized carbons (Fsp3) is 0.545. The molecule has 0 saturated carbocycles. The van der Waals surface area contributed by atoms with E-state index in [4.69, 9.17) is 0 Å². The monoisotopic (exact) mass is 243 g/mol. The van der Waals surface area contributed by atoms with E-state index in [1.165, 1.54) is 12.3 Å². The first kappa shape index (κ1) is 10.8. The van der Waals surface area contributed by atoms with Crippen LogP contribution in [-0.2, 0) is 6.18 Å². The van der Waals surface area contributed by atoms with E-state index in [-0.39, 0.29) is 11.9 Å². The van der Waals surface area contributed by atoms with E-state index in [2.05, 4.69) is 10.3 Å². The van der Waals surface area contributed by atoms with Crippen LogP contribution in [0, 0.1) is 0 Å². The van der Waals surface area contributed by atoms with Gasteiger partial charge in [-0.05, 0) is 18.6 Å². The smallest absolute Gasteiger partial charge is 0.350 e. The fourth-order valence-corrected chi connectivity index (χ4v) is 2.67. The normalized spacial score (nSPS) is 27.8. The molecule has 2 atom stereocenters. The van der Waals surface area contributed by atoms with Crippen LogP contribution in [0.3, 0.4) is 0 Å². The zero-order valence-corrected chi connectivity index (χ0v) is 9.04. The average molecular weight is 243 g/mol. The van der Waals surface area contributed by atoms with Crippen LogP contribution in [0.25, 0.3) is 0 Å². The van der Waals surface area contributed by atoms with Gasteiger partial charge in [0.1, 0.15) is 5.82 Å². The summed E-state index contributed by atoms with van der Waals surface area (Å²) >= 11 is 0. The average Bonchev–Trinajstić information content (AvgIpc) is 2.89. The molecule has 0 amide bonds. The molecule has 2 bridgehead atoms. The molecule has 1 aromatic heterocycles. The topological polar surface area (TPSA) is 28.2 Å². The van der Waals surface area contributed by atoms with Gasteiger partial charge >= 0.3 is 6.18 Å². The van der Waals surface area contributed by atoms with E-state index < -0.39 is 11.7 Å². The number of hydrogen-bond donors (Lipinski definition) is 1. The second-order valence-corrected chi connectivity index (χ2v) is 4.52. The Morgan fingerprint density at radius 1 is 1.41 bits per heavy atom. The van der Waals surface area contributed by atoms with Gasteiger partial charge in [-0.1, -0.05) is 0 Å². The summed E-state index contributed by atoms with van der Waals surface area (Å²) in [6.07, 6.45) is -2.00. The van der Waals surface area contributed by atoms with Gasteiger partial charge in [0.2, 0.25) is 0 Å². The number of pyridine rings is 1. The zero-order valence-electron chi connectivity index (χ0n) is 9.04. The third kappa shape index (κ3) is 1.76. The van der Waals surface area contributed by atoms with Crippen molar-refractivity contribution in [2.24, 2.45) is 0 Å². The highest BCUT2D eigenvalue weighted by Gasteiger charge is 2.42. The molecule has 3 rings (SSSR count). The van der Waals surface area contributed by atoms with Crippen LogP contribution in [-0.4, -0.2) is 30.2 Å². The summed E-state index contributed by atoms with van der Waals surface area (Å²) in [7, 11) is 0. The lowest BCUT2D eigenvalue weighted by Crippen LogP contribution is -2.44. The number of rotatable bonds is 1. The number of fused-ring (bicyclic) bond motifs is 2. The molecule has 2 fully saturated rings. The second kappa shape index (κ2) is 3.60. The standard InChI is InChI=1S/C11H12F3N3/c12-11(13,14)9-2-1-3-15-10(9)17-6-7-4-8(17)5-16-7/h1-3,7-8,16H,4-6H2/t7-,8-/m1/s1. The van der Waals surface area contributed by atoms with Gasteiger partial charge in [0.25, 0.3) is 0 Å². The van der Waals surface area contributed by atoms with Crippen LogP contribution >= 0.6 is 0 Å².